The van der Waals surface area contributed by atoms with Gasteiger partial charge in [0.05, 0.1) is 22.8 Å². The fraction of sp³-hybridized carbons (Fsp3) is 0.0435. The summed E-state index contributed by atoms with van der Waals surface area (Å²) in [5.41, 5.74) is 0.381. The predicted molar refractivity (Wildman–Crippen MR) is 120 cm³/mol. The third-order valence-corrected chi connectivity index (χ3v) is 4.72. The van der Waals surface area contributed by atoms with Crippen LogP contribution in [0.2, 0.25) is 5.02 Å². The van der Waals surface area contributed by atoms with Gasteiger partial charge in [0.2, 0.25) is 0 Å². The summed E-state index contributed by atoms with van der Waals surface area (Å²) in [6.07, 6.45) is 3.05. The number of rotatable bonds is 6. The van der Waals surface area contributed by atoms with Crippen molar-refractivity contribution in [2.45, 2.75) is 6.54 Å². The quantitative estimate of drug-likeness (QED) is 0.463. The molecule has 0 aliphatic heterocycles. The number of furan rings is 1. The van der Waals surface area contributed by atoms with Crippen LogP contribution in [0.4, 0.5) is 11.5 Å². The molecular formula is C23H17ClN4O4. The Morgan fingerprint density at radius 2 is 1.75 bits per heavy atom. The Kier molecular flexibility index (Phi) is 6.14. The SMILES string of the molecule is O=C(Nc1ccccc1C(=O)Nc1ccc(Cl)cn1)c1ccc(Cn2ccccc2=O)o1. The molecule has 0 atom stereocenters. The molecule has 3 aromatic heterocycles. The van der Waals surface area contributed by atoms with Crippen LogP contribution in [-0.2, 0) is 6.54 Å². The van der Waals surface area contributed by atoms with Crippen LogP contribution in [0.3, 0.4) is 0 Å². The largest absolute Gasteiger partial charge is 0.454 e. The Morgan fingerprint density at radius 1 is 0.938 bits per heavy atom. The molecule has 0 saturated carbocycles. The Bertz CT molecular complexity index is 1330. The Labute approximate surface area is 187 Å². The lowest BCUT2D eigenvalue weighted by Crippen LogP contribution is -2.18. The lowest BCUT2D eigenvalue weighted by atomic mass is 10.1. The number of nitrogens with zero attached hydrogens (tertiary/aromatic N) is 2. The van der Waals surface area contributed by atoms with E-state index in [4.69, 9.17) is 16.0 Å². The van der Waals surface area contributed by atoms with E-state index in [0.717, 1.165) is 0 Å². The number of nitrogens with one attached hydrogen (secondary N) is 2. The molecule has 4 rings (SSSR count). The molecule has 0 aliphatic carbocycles. The standard InChI is InChI=1S/C23H17ClN4O4/c24-15-8-11-20(25-13-15)27-22(30)17-5-1-2-6-18(17)26-23(31)19-10-9-16(32-19)14-28-12-4-3-7-21(28)29/h1-13H,14H2,(H,26,31)(H,25,27,30). The number of benzene rings is 1. The molecule has 4 aromatic rings. The smallest absolute Gasteiger partial charge is 0.291 e. The molecule has 0 fully saturated rings. The molecule has 2 amide bonds. The Morgan fingerprint density at radius 3 is 2.53 bits per heavy atom. The zero-order chi connectivity index (χ0) is 22.5. The number of pyridine rings is 2. The number of amides is 2. The van der Waals surface area contributed by atoms with Crippen molar-refractivity contribution in [3.8, 4) is 0 Å². The summed E-state index contributed by atoms with van der Waals surface area (Å²) >= 11 is 5.81. The molecule has 0 aliphatic rings. The highest BCUT2D eigenvalue weighted by molar-refractivity contribution is 6.30. The van der Waals surface area contributed by atoms with Gasteiger partial charge in [0.15, 0.2) is 5.76 Å². The number of aromatic nitrogens is 2. The first-order valence-electron chi connectivity index (χ1n) is 9.57. The van der Waals surface area contributed by atoms with Crippen LogP contribution >= 0.6 is 11.6 Å². The average molecular weight is 449 g/mol. The molecule has 0 saturated heterocycles. The molecule has 32 heavy (non-hydrogen) atoms. The minimum atomic E-state index is -0.526. The van der Waals surface area contributed by atoms with E-state index in [0.29, 0.717) is 22.3 Å². The first-order valence-corrected chi connectivity index (χ1v) is 9.95. The van der Waals surface area contributed by atoms with E-state index in [2.05, 4.69) is 15.6 Å². The fourth-order valence-electron chi connectivity index (χ4n) is 2.95. The molecule has 9 heteroatoms. The van der Waals surface area contributed by atoms with Gasteiger partial charge in [0.25, 0.3) is 17.4 Å². The van der Waals surface area contributed by atoms with Gasteiger partial charge in [0.1, 0.15) is 11.6 Å². The lowest BCUT2D eigenvalue weighted by molar-refractivity contribution is 0.0994. The second-order valence-electron chi connectivity index (χ2n) is 6.75. The maximum absolute atomic E-state index is 12.7. The molecule has 0 bridgehead atoms. The molecule has 8 nitrogen and oxygen atoms in total. The second kappa shape index (κ2) is 9.32. The van der Waals surface area contributed by atoms with Gasteiger partial charge < -0.3 is 19.6 Å². The number of hydrogen-bond acceptors (Lipinski definition) is 5. The van der Waals surface area contributed by atoms with Crippen molar-refractivity contribution in [1.29, 1.82) is 0 Å². The molecule has 0 spiro atoms. The van der Waals surface area contributed by atoms with E-state index in [-0.39, 0.29) is 23.4 Å². The highest BCUT2D eigenvalue weighted by atomic mass is 35.5. The van der Waals surface area contributed by atoms with Crippen molar-refractivity contribution >= 4 is 34.9 Å². The average Bonchev–Trinajstić information content (AvgIpc) is 3.26. The van der Waals surface area contributed by atoms with Crippen molar-refractivity contribution in [3.05, 3.63) is 112 Å². The number of anilines is 2. The first-order chi connectivity index (χ1) is 15.5. The summed E-state index contributed by atoms with van der Waals surface area (Å²) in [5, 5.41) is 5.80. The highest BCUT2D eigenvalue weighted by Crippen LogP contribution is 2.19. The maximum atomic E-state index is 12.7. The zero-order valence-electron chi connectivity index (χ0n) is 16.6. The van der Waals surface area contributed by atoms with E-state index in [1.807, 2.05) is 0 Å². The summed E-state index contributed by atoms with van der Waals surface area (Å²) < 4.78 is 7.05. The van der Waals surface area contributed by atoms with Crippen molar-refractivity contribution in [3.63, 3.8) is 0 Å². The summed E-state index contributed by atoms with van der Waals surface area (Å²) in [6, 6.07) is 17.7. The van der Waals surface area contributed by atoms with Crippen LogP contribution in [0, 0.1) is 0 Å². The van der Waals surface area contributed by atoms with E-state index < -0.39 is 11.8 Å². The summed E-state index contributed by atoms with van der Waals surface area (Å²) in [6.45, 7) is 0.194. The van der Waals surface area contributed by atoms with E-state index in [1.165, 1.54) is 22.9 Å². The lowest BCUT2D eigenvalue weighted by Gasteiger charge is -2.10. The minimum absolute atomic E-state index is 0.0542. The third kappa shape index (κ3) is 4.93. The van der Waals surface area contributed by atoms with Gasteiger partial charge in [-0.05, 0) is 42.5 Å². The molecule has 1 aromatic carbocycles. The number of halogens is 1. The molecule has 0 unspecified atom stereocenters. The van der Waals surface area contributed by atoms with Crippen molar-refractivity contribution in [2.24, 2.45) is 0 Å². The van der Waals surface area contributed by atoms with Gasteiger partial charge in [-0.15, -0.1) is 0 Å². The number of carbonyl (C=O) groups is 2. The summed E-state index contributed by atoms with van der Waals surface area (Å²) in [4.78, 5) is 41.3. The number of hydrogen-bond donors (Lipinski definition) is 2. The van der Waals surface area contributed by atoms with Crippen molar-refractivity contribution in [1.82, 2.24) is 9.55 Å². The van der Waals surface area contributed by atoms with Gasteiger partial charge in [0, 0.05) is 18.5 Å². The normalized spacial score (nSPS) is 10.5. The van der Waals surface area contributed by atoms with Crippen LogP contribution in [0.15, 0.2) is 88.3 Å². The first kappa shape index (κ1) is 21.1. The Balaban J connectivity index is 1.48. The zero-order valence-corrected chi connectivity index (χ0v) is 17.4. The van der Waals surface area contributed by atoms with Crippen LogP contribution in [0.5, 0.6) is 0 Å². The Hall–Kier alpha value is -4.17. The van der Waals surface area contributed by atoms with Crippen molar-refractivity contribution < 1.29 is 14.0 Å². The van der Waals surface area contributed by atoms with E-state index >= 15 is 0 Å². The molecular weight excluding hydrogens is 432 g/mol. The second-order valence-corrected chi connectivity index (χ2v) is 7.18. The van der Waals surface area contributed by atoms with Crippen LogP contribution < -0.4 is 16.2 Å². The molecule has 0 radical (unpaired) electrons. The van der Waals surface area contributed by atoms with Gasteiger partial charge in [-0.25, -0.2) is 4.98 Å². The van der Waals surface area contributed by atoms with Crippen LogP contribution in [0.25, 0.3) is 0 Å². The van der Waals surface area contributed by atoms with Gasteiger partial charge >= 0.3 is 0 Å². The monoisotopic (exact) mass is 448 g/mol. The molecule has 160 valence electrons. The molecule has 3 heterocycles. The van der Waals surface area contributed by atoms with Gasteiger partial charge in [-0.3, -0.25) is 14.4 Å². The highest BCUT2D eigenvalue weighted by Gasteiger charge is 2.17. The van der Waals surface area contributed by atoms with E-state index in [1.54, 1.807) is 60.8 Å². The maximum Gasteiger partial charge on any atom is 0.291 e. The summed E-state index contributed by atoms with van der Waals surface area (Å²) in [5.74, 6) is -0.143. The number of para-hydroxylation sites is 1. The predicted octanol–water partition coefficient (Wildman–Crippen LogP) is 4.04. The van der Waals surface area contributed by atoms with Crippen molar-refractivity contribution in [2.75, 3.05) is 10.6 Å². The fourth-order valence-corrected chi connectivity index (χ4v) is 3.06. The third-order valence-electron chi connectivity index (χ3n) is 4.50. The van der Waals surface area contributed by atoms with Gasteiger partial charge in [-0.2, -0.15) is 0 Å². The molecule has 2 N–H and O–H groups in total. The topological polar surface area (TPSA) is 106 Å². The van der Waals surface area contributed by atoms with Crippen LogP contribution in [0.1, 0.15) is 26.7 Å². The summed E-state index contributed by atoms with van der Waals surface area (Å²) in [7, 11) is 0. The van der Waals surface area contributed by atoms with E-state index in [9.17, 15) is 14.4 Å². The number of carbonyl (C=O) groups excluding carboxylic acids is 2. The van der Waals surface area contributed by atoms with Gasteiger partial charge in [-0.1, -0.05) is 29.8 Å². The minimum Gasteiger partial charge on any atom is -0.454 e. The van der Waals surface area contributed by atoms with Crippen LogP contribution in [-0.4, -0.2) is 21.4 Å².